The summed E-state index contributed by atoms with van der Waals surface area (Å²) in [5.41, 5.74) is -0.0440. The van der Waals surface area contributed by atoms with E-state index in [-0.39, 0.29) is 30.7 Å². The van der Waals surface area contributed by atoms with Gasteiger partial charge in [0.25, 0.3) is 5.69 Å². The van der Waals surface area contributed by atoms with Crippen molar-refractivity contribution in [1.29, 1.82) is 0 Å². The fourth-order valence-electron chi connectivity index (χ4n) is 1.34. The van der Waals surface area contributed by atoms with Gasteiger partial charge in [-0.05, 0) is 25.0 Å². The maximum Gasteiger partial charge on any atom is 0.306 e. The molecule has 5 nitrogen and oxygen atoms in total. The van der Waals surface area contributed by atoms with Crippen molar-refractivity contribution in [3.05, 3.63) is 39.7 Å². The van der Waals surface area contributed by atoms with E-state index in [1.165, 1.54) is 0 Å². The highest BCUT2D eigenvalue weighted by Gasteiger charge is 2.12. The molecule has 17 heavy (non-hydrogen) atoms. The molecule has 0 aliphatic rings. The fraction of sp³-hybridized carbons (Fsp3) is 0.364. The van der Waals surface area contributed by atoms with Crippen molar-refractivity contribution in [2.75, 3.05) is 6.61 Å². The van der Waals surface area contributed by atoms with E-state index in [9.17, 15) is 19.3 Å². The van der Waals surface area contributed by atoms with Crippen LogP contribution in [0.4, 0.5) is 10.1 Å². The smallest absolute Gasteiger partial charge is 0.306 e. The molecule has 0 N–H and O–H groups in total. The van der Waals surface area contributed by atoms with Crippen molar-refractivity contribution < 1.29 is 18.8 Å². The topological polar surface area (TPSA) is 69.4 Å². The fourth-order valence-corrected chi connectivity index (χ4v) is 1.34. The molecule has 0 saturated heterocycles. The molecule has 0 heterocycles. The monoisotopic (exact) mass is 241 g/mol. The lowest BCUT2D eigenvalue weighted by atomic mass is 10.1. The molecule has 1 rings (SSSR count). The Balaban J connectivity index is 2.73. The summed E-state index contributed by atoms with van der Waals surface area (Å²) in [6.07, 6.45) is 0.0955. The van der Waals surface area contributed by atoms with Gasteiger partial charge in [0.1, 0.15) is 5.82 Å². The molecule has 0 spiro atoms. The molecule has 6 heteroatoms. The first-order chi connectivity index (χ1) is 8.04. The number of nitro groups is 1. The zero-order valence-corrected chi connectivity index (χ0v) is 9.31. The van der Waals surface area contributed by atoms with Crippen molar-refractivity contribution in [3.63, 3.8) is 0 Å². The van der Waals surface area contributed by atoms with Crippen LogP contribution in [0.25, 0.3) is 0 Å². The van der Waals surface area contributed by atoms with Crippen LogP contribution in [0.3, 0.4) is 0 Å². The molecule has 1 aromatic rings. The number of non-ortho nitro benzene ring substituents is 1. The third kappa shape index (κ3) is 3.82. The van der Waals surface area contributed by atoms with Crippen LogP contribution in [-0.4, -0.2) is 17.5 Å². The number of carbonyl (C=O) groups excluding carboxylic acids is 1. The molecule has 0 unspecified atom stereocenters. The van der Waals surface area contributed by atoms with Gasteiger partial charge in [-0.3, -0.25) is 14.9 Å². The average Bonchev–Trinajstić information content (AvgIpc) is 2.28. The summed E-state index contributed by atoms with van der Waals surface area (Å²) >= 11 is 0. The van der Waals surface area contributed by atoms with Crippen molar-refractivity contribution in [1.82, 2.24) is 0 Å². The van der Waals surface area contributed by atoms with Crippen LogP contribution in [0.5, 0.6) is 0 Å². The van der Waals surface area contributed by atoms with Crippen LogP contribution in [0.15, 0.2) is 18.2 Å². The second kappa shape index (κ2) is 5.93. The van der Waals surface area contributed by atoms with E-state index >= 15 is 0 Å². The number of hydrogen-bond donors (Lipinski definition) is 0. The summed E-state index contributed by atoms with van der Waals surface area (Å²) in [7, 11) is 0. The molecule has 0 aliphatic carbocycles. The summed E-state index contributed by atoms with van der Waals surface area (Å²) in [6, 6.07) is 3.25. The van der Waals surface area contributed by atoms with Crippen LogP contribution >= 0.6 is 0 Å². The molecule has 1 aromatic carbocycles. The third-order valence-electron chi connectivity index (χ3n) is 2.14. The lowest BCUT2D eigenvalue weighted by Gasteiger charge is -2.03. The first-order valence-corrected chi connectivity index (χ1v) is 5.13. The molecule has 0 saturated carbocycles. The number of rotatable bonds is 5. The number of halogens is 1. The zero-order chi connectivity index (χ0) is 12.8. The van der Waals surface area contributed by atoms with Crippen LogP contribution in [-0.2, 0) is 16.0 Å². The minimum absolute atomic E-state index is 0.00588. The molecular weight excluding hydrogens is 229 g/mol. The zero-order valence-electron chi connectivity index (χ0n) is 9.31. The highest BCUT2D eigenvalue weighted by molar-refractivity contribution is 5.69. The maximum atomic E-state index is 13.3. The van der Waals surface area contributed by atoms with Gasteiger partial charge in [0, 0.05) is 18.6 Å². The quantitative estimate of drug-likeness (QED) is 0.450. The molecular formula is C11H12FNO4. The molecule has 0 bridgehead atoms. The highest BCUT2D eigenvalue weighted by atomic mass is 19.1. The van der Waals surface area contributed by atoms with Crippen molar-refractivity contribution in [2.24, 2.45) is 0 Å². The van der Waals surface area contributed by atoms with Gasteiger partial charge in [0.05, 0.1) is 11.5 Å². The highest BCUT2D eigenvalue weighted by Crippen LogP contribution is 2.18. The summed E-state index contributed by atoms with van der Waals surface area (Å²) in [6.45, 7) is 1.93. The Morgan fingerprint density at radius 3 is 2.82 bits per heavy atom. The Hall–Kier alpha value is -1.98. The number of benzene rings is 1. The predicted octanol–water partition coefficient (Wildman–Crippen LogP) is 2.23. The Morgan fingerprint density at radius 1 is 1.53 bits per heavy atom. The first kappa shape index (κ1) is 13.1. The molecule has 0 fully saturated rings. The number of carbonyl (C=O) groups is 1. The molecule has 92 valence electrons. The van der Waals surface area contributed by atoms with Crippen LogP contribution in [0, 0.1) is 15.9 Å². The SMILES string of the molecule is CCOC(=O)CCc1cc([N+](=O)[O-])ccc1F. The van der Waals surface area contributed by atoms with Crippen molar-refractivity contribution in [3.8, 4) is 0 Å². The van der Waals surface area contributed by atoms with E-state index < -0.39 is 16.7 Å². The Morgan fingerprint density at radius 2 is 2.24 bits per heavy atom. The second-order valence-corrected chi connectivity index (χ2v) is 3.34. The Bertz CT molecular complexity index is 433. The summed E-state index contributed by atoms with van der Waals surface area (Å²) in [5, 5.41) is 10.5. The number of aryl methyl sites for hydroxylation is 1. The normalized spacial score (nSPS) is 10.0. The van der Waals surface area contributed by atoms with E-state index in [4.69, 9.17) is 0 Å². The lowest BCUT2D eigenvalue weighted by Crippen LogP contribution is -2.06. The number of nitrogens with zero attached hydrogens (tertiary/aromatic N) is 1. The summed E-state index contributed by atoms with van der Waals surface area (Å²) in [4.78, 5) is 21.0. The van der Waals surface area contributed by atoms with E-state index in [2.05, 4.69) is 4.74 Å². The average molecular weight is 241 g/mol. The van der Waals surface area contributed by atoms with Crippen molar-refractivity contribution >= 4 is 11.7 Å². The van der Waals surface area contributed by atoms with Crippen molar-refractivity contribution in [2.45, 2.75) is 19.8 Å². The molecule has 0 amide bonds. The van der Waals surface area contributed by atoms with Gasteiger partial charge in [0.2, 0.25) is 0 Å². The number of hydrogen-bond acceptors (Lipinski definition) is 4. The molecule has 0 aliphatic heterocycles. The number of ether oxygens (including phenoxy) is 1. The standard InChI is InChI=1S/C11H12FNO4/c1-2-17-11(14)6-3-8-7-9(13(15)16)4-5-10(8)12/h4-5,7H,2-3,6H2,1H3. The number of esters is 1. The van der Waals surface area contributed by atoms with Gasteiger partial charge in [-0.15, -0.1) is 0 Å². The molecule has 0 atom stereocenters. The van der Waals surface area contributed by atoms with Gasteiger partial charge < -0.3 is 4.74 Å². The van der Waals surface area contributed by atoms with E-state index in [1.807, 2.05) is 0 Å². The minimum atomic E-state index is -0.604. The van der Waals surface area contributed by atoms with Gasteiger partial charge >= 0.3 is 5.97 Å². The van der Waals surface area contributed by atoms with Gasteiger partial charge in [-0.25, -0.2) is 4.39 Å². The lowest BCUT2D eigenvalue weighted by molar-refractivity contribution is -0.385. The predicted molar refractivity (Wildman–Crippen MR) is 58.0 cm³/mol. The first-order valence-electron chi connectivity index (χ1n) is 5.13. The van der Waals surface area contributed by atoms with Gasteiger partial charge in [0.15, 0.2) is 0 Å². The van der Waals surface area contributed by atoms with Crippen LogP contribution < -0.4 is 0 Å². The van der Waals surface area contributed by atoms with Gasteiger partial charge in [-0.2, -0.15) is 0 Å². The maximum absolute atomic E-state index is 13.3. The van der Waals surface area contributed by atoms with Crippen LogP contribution in [0.1, 0.15) is 18.9 Å². The van der Waals surface area contributed by atoms with Gasteiger partial charge in [-0.1, -0.05) is 0 Å². The third-order valence-corrected chi connectivity index (χ3v) is 2.14. The Kier molecular flexibility index (Phi) is 4.56. The van der Waals surface area contributed by atoms with E-state index in [0.717, 1.165) is 18.2 Å². The minimum Gasteiger partial charge on any atom is -0.466 e. The summed E-state index contributed by atoms with van der Waals surface area (Å²) in [5.74, 6) is -1.00. The van der Waals surface area contributed by atoms with E-state index in [0.29, 0.717) is 0 Å². The largest absolute Gasteiger partial charge is 0.466 e. The van der Waals surface area contributed by atoms with E-state index in [1.54, 1.807) is 6.92 Å². The Labute approximate surface area is 97.3 Å². The number of nitro benzene ring substituents is 1. The van der Waals surface area contributed by atoms with Crippen LogP contribution in [0.2, 0.25) is 0 Å². The molecule has 0 aromatic heterocycles. The molecule has 0 radical (unpaired) electrons. The second-order valence-electron chi connectivity index (χ2n) is 3.34. The summed E-state index contributed by atoms with van der Waals surface area (Å²) < 4.78 is 18.0.